The van der Waals surface area contributed by atoms with Crippen molar-refractivity contribution in [1.29, 1.82) is 0 Å². The van der Waals surface area contributed by atoms with Gasteiger partial charge >= 0.3 is 11.9 Å². The zero-order valence-electron chi connectivity index (χ0n) is 13.1. The van der Waals surface area contributed by atoms with Crippen molar-refractivity contribution in [3.8, 4) is 11.5 Å². The van der Waals surface area contributed by atoms with Crippen LogP contribution >= 0.6 is 46.4 Å². The van der Waals surface area contributed by atoms with E-state index in [0.29, 0.717) is 0 Å². The Morgan fingerprint density at radius 1 is 0.724 bits per heavy atom. The van der Waals surface area contributed by atoms with E-state index in [-0.39, 0.29) is 31.8 Å². The van der Waals surface area contributed by atoms with Crippen LogP contribution in [-0.2, 0) is 4.74 Å². The number of esters is 2. The highest BCUT2D eigenvalue weighted by atomic mass is 35.5. The lowest BCUT2D eigenvalue weighted by molar-refractivity contribution is 0.0444. The molecule has 14 heteroatoms. The van der Waals surface area contributed by atoms with Gasteiger partial charge in [-0.25, -0.2) is 9.59 Å². The molecular weight excluding hydrogens is 494 g/mol. The normalized spacial score (nSPS) is 12.3. The molecule has 0 aromatic heterocycles. The van der Waals surface area contributed by atoms with E-state index in [1.54, 1.807) is 0 Å². The maximum Gasteiger partial charge on any atom is 0.348 e. The smallest absolute Gasteiger partial charge is 0.348 e. The molecule has 0 saturated heterocycles. The molecule has 0 amide bonds. The number of benzene rings is 2. The van der Waals surface area contributed by atoms with Gasteiger partial charge in [0.1, 0.15) is 0 Å². The molecule has 0 aliphatic carbocycles. The Labute approximate surface area is 177 Å². The van der Waals surface area contributed by atoms with Crippen LogP contribution < -0.4 is 0 Å². The molecule has 29 heavy (non-hydrogen) atoms. The summed E-state index contributed by atoms with van der Waals surface area (Å²) in [5.41, 5.74) is -0.881. The number of carbonyl (C=O) groups excluding carboxylic acids is 3. The lowest BCUT2D eigenvalue weighted by Gasteiger charge is -2.07. The van der Waals surface area contributed by atoms with Crippen LogP contribution in [0.1, 0.15) is 31.1 Å². The van der Waals surface area contributed by atoms with Gasteiger partial charge in [-0.05, 0) is 11.6 Å². The van der Waals surface area contributed by atoms with Gasteiger partial charge in [0.15, 0.2) is 11.5 Å². The van der Waals surface area contributed by atoms with Crippen molar-refractivity contribution < 1.29 is 46.9 Å². The maximum absolute atomic E-state index is 12.2. The number of aromatic hydroxyl groups is 2. The van der Waals surface area contributed by atoms with Gasteiger partial charge in [0, 0.05) is 0 Å². The monoisotopic (exact) mass is 494 g/mol. The number of hydrogen-bond acceptors (Lipinski definition) is 6. The molecule has 154 valence electrons. The summed E-state index contributed by atoms with van der Waals surface area (Å²) in [6, 6.07) is 0. The van der Waals surface area contributed by atoms with E-state index in [1.807, 2.05) is 0 Å². The van der Waals surface area contributed by atoms with E-state index in [1.165, 1.54) is 0 Å². The highest BCUT2D eigenvalue weighted by Gasteiger charge is 2.38. The minimum absolute atomic E-state index is 0.256. The largest absolute Gasteiger partial charge is 0.503 e. The maximum atomic E-state index is 12.2. The van der Waals surface area contributed by atoms with Crippen molar-refractivity contribution in [1.82, 2.24) is 0 Å². The summed E-state index contributed by atoms with van der Waals surface area (Å²) in [7, 11) is 0. The van der Waals surface area contributed by atoms with Crippen LogP contribution in [0.25, 0.3) is 0 Å². The van der Waals surface area contributed by atoms with Crippen molar-refractivity contribution in [2.24, 2.45) is 0 Å². The van der Waals surface area contributed by atoms with Crippen LogP contribution in [0.3, 0.4) is 0 Å². The first-order valence-corrected chi connectivity index (χ1v) is 8.24. The van der Waals surface area contributed by atoms with Gasteiger partial charge < -0.3 is 14.9 Å². The van der Waals surface area contributed by atoms with Gasteiger partial charge in [0.2, 0.25) is 23.3 Å². The number of carbonyl (C=O) groups is 3. The van der Waals surface area contributed by atoms with Gasteiger partial charge in [0.05, 0.1) is 31.8 Å². The van der Waals surface area contributed by atoms with Crippen molar-refractivity contribution in [2.45, 2.75) is 0 Å². The summed E-state index contributed by atoms with van der Waals surface area (Å²) in [6.45, 7) is 0. The molecule has 1 aliphatic heterocycles. The number of cyclic esters (lactones) is 2. The predicted octanol–water partition coefficient (Wildman–Crippen LogP) is 4.99. The van der Waals surface area contributed by atoms with E-state index in [2.05, 4.69) is 4.74 Å². The fourth-order valence-corrected chi connectivity index (χ4v) is 3.24. The summed E-state index contributed by atoms with van der Waals surface area (Å²) in [5.74, 6) is -13.6. The molecule has 0 atom stereocenters. The van der Waals surface area contributed by atoms with Crippen LogP contribution in [0.15, 0.2) is 0 Å². The van der Waals surface area contributed by atoms with E-state index >= 15 is 0 Å². The van der Waals surface area contributed by atoms with Crippen LogP contribution in [0.5, 0.6) is 11.5 Å². The van der Waals surface area contributed by atoms with Gasteiger partial charge in [-0.2, -0.15) is 17.6 Å². The van der Waals surface area contributed by atoms with Crippen molar-refractivity contribution in [3.63, 3.8) is 0 Å². The highest BCUT2D eigenvalue weighted by molar-refractivity contribution is 6.70. The minimum atomic E-state index is -2.02. The molecule has 1 aliphatic rings. The fourth-order valence-electron chi connectivity index (χ4n) is 2.01. The van der Waals surface area contributed by atoms with Crippen molar-refractivity contribution >= 4 is 63.6 Å². The molecule has 0 bridgehead atoms. The third-order valence-electron chi connectivity index (χ3n) is 3.33. The van der Waals surface area contributed by atoms with Gasteiger partial charge in [0.25, 0.3) is 5.24 Å². The van der Waals surface area contributed by atoms with Gasteiger partial charge in [-0.1, -0.05) is 34.8 Å². The SMILES string of the molecule is O=C(Cl)c1c(Cl)c(Cl)c2c(c1Cl)C(=O)OC2=O.Oc1c(F)c(F)c(O)c(F)c1F. The van der Waals surface area contributed by atoms with Crippen LogP contribution in [0, 0.1) is 23.3 Å². The van der Waals surface area contributed by atoms with E-state index in [4.69, 9.17) is 56.6 Å². The summed E-state index contributed by atoms with van der Waals surface area (Å²) < 4.78 is 53.3. The molecule has 0 saturated carbocycles. The zero-order chi connectivity index (χ0) is 22.4. The molecule has 0 radical (unpaired) electrons. The first-order chi connectivity index (χ1) is 13.3. The third-order valence-corrected chi connectivity index (χ3v) is 4.75. The number of halogens is 8. The second kappa shape index (κ2) is 8.23. The quantitative estimate of drug-likeness (QED) is 0.144. The number of phenols is 2. The van der Waals surface area contributed by atoms with Crippen LogP contribution in [0.2, 0.25) is 15.1 Å². The Bertz CT molecular complexity index is 1000. The lowest BCUT2D eigenvalue weighted by Crippen LogP contribution is -2.02. The first kappa shape index (κ1) is 23.0. The highest BCUT2D eigenvalue weighted by Crippen LogP contribution is 2.42. The standard InChI is InChI=1S/C9Cl4O4.C6H2F4O2/c10-4-1-2(9(16)17-8(1)15)5(11)6(12)3(4)7(13)14;7-1-2(8)6(12)4(10)3(9)5(1)11/h;11-12H. The number of rotatable bonds is 1. The zero-order valence-corrected chi connectivity index (χ0v) is 16.1. The minimum Gasteiger partial charge on any atom is -0.503 e. The summed E-state index contributed by atoms with van der Waals surface area (Å²) >= 11 is 22.6. The molecular formula is C15H2Cl4F4O6. The Morgan fingerprint density at radius 3 is 1.41 bits per heavy atom. The Balaban J connectivity index is 0.000000221. The third kappa shape index (κ3) is 3.80. The number of hydrogen-bond donors (Lipinski definition) is 2. The molecule has 2 aromatic rings. The predicted molar refractivity (Wildman–Crippen MR) is 91.0 cm³/mol. The Morgan fingerprint density at radius 2 is 1.07 bits per heavy atom. The topological polar surface area (TPSA) is 101 Å². The molecule has 2 aromatic carbocycles. The molecule has 0 fully saturated rings. The number of ether oxygens (including phenoxy) is 1. The van der Waals surface area contributed by atoms with Crippen molar-refractivity contribution in [3.05, 3.63) is 55.0 Å². The first-order valence-electron chi connectivity index (χ1n) is 6.73. The van der Waals surface area contributed by atoms with Crippen LogP contribution in [-0.4, -0.2) is 27.4 Å². The van der Waals surface area contributed by atoms with Gasteiger partial charge in [-0.15, -0.1) is 0 Å². The van der Waals surface area contributed by atoms with E-state index in [9.17, 15) is 31.9 Å². The van der Waals surface area contributed by atoms with Gasteiger partial charge in [-0.3, -0.25) is 4.79 Å². The number of phenolic OH excluding ortho intramolecular Hbond substituents is 2. The lowest BCUT2D eigenvalue weighted by atomic mass is 10.1. The Kier molecular flexibility index (Phi) is 6.53. The molecule has 0 spiro atoms. The average molecular weight is 496 g/mol. The summed E-state index contributed by atoms with van der Waals surface area (Å²) in [4.78, 5) is 33.8. The number of fused-ring (bicyclic) bond motifs is 1. The average Bonchev–Trinajstić information content (AvgIpc) is 2.96. The van der Waals surface area contributed by atoms with Crippen molar-refractivity contribution in [2.75, 3.05) is 0 Å². The van der Waals surface area contributed by atoms with E-state index in [0.717, 1.165) is 0 Å². The van der Waals surface area contributed by atoms with E-state index < -0.39 is 51.9 Å². The summed E-state index contributed by atoms with van der Waals surface area (Å²) in [6.07, 6.45) is 0. The molecule has 3 rings (SSSR count). The second-order valence-electron chi connectivity index (χ2n) is 4.97. The Hall–Kier alpha value is -2.27. The molecule has 2 N–H and O–H groups in total. The second-order valence-corrected chi connectivity index (χ2v) is 6.45. The molecule has 1 heterocycles. The molecule has 0 unspecified atom stereocenters. The molecule has 6 nitrogen and oxygen atoms in total. The van der Waals surface area contributed by atoms with Crippen LogP contribution in [0.4, 0.5) is 17.6 Å². The summed E-state index contributed by atoms with van der Waals surface area (Å²) in [5, 5.41) is 14.8. The fraction of sp³-hybridized carbons (Fsp3) is 0.